The van der Waals surface area contributed by atoms with Crippen molar-refractivity contribution in [2.75, 3.05) is 18.9 Å². The number of halogens is 1. The van der Waals surface area contributed by atoms with E-state index >= 15 is 0 Å². The largest absolute Gasteiger partial charge is 0.376 e. The highest BCUT2D eigenvalue weighted by Crippen LogP contribution is 2.24. The molecule has 4 rings (SSSR count). The predicted molar refractivity (Wildman–Crippen MR) is 122 cm³/mol. The van der Waals surface area contributed by atoms with E-state index in [1.165, 1.54) is 29.5 Å². The van der Waals surface area contributed by atoms with Gasteiger partial charge in [-0.25, -0.2) is 4.39 Å². The topological polar surface area (TPSA) is 60.2 Å². The number of carbonyl (C=O) groups excluding carboxylic acids is 1. The number of ether oxygens (including phenoxy) is 1. The summed E-state index contributed by atoms with van der Waals surface area (Å²) in [4.78, 5) is 14.9. The Hall–Kier alpha value is -2.71. The van der Waals surface area contributed by atoms with Gasteiger partial charge in [0.15, 0.2) is 5.16 Å². The number of para-hydroxylation sites is 1. The molecule has 0 spiro atoms. The molecular formula is C24H27FN4O2S. The minimum atomic E-state index is -0.302. The summed E-state index contributed by atoms with van der Waals surface area (Å²) in [5.74, 6) is -0.119. The van der Waals surface area contributed by atoms with Gasteiger partial charge >= 0.3 is 0 Å². The molecule has 2 aromatic carbocycles. The summed E-state index contributed by atoms with van der Waals surface area (Å²) in [6.07, 6.45) is 4.53. The monoisotopic (exact) mass is 454 g/mol. The lowest BCUT2D eigenvalue weighted by Gasteiger charge is -2.25. The molecule has 0 bridgehead atoms. The molecule has 1 atom stereocenters. The molecule has 8 heteroatoms. The number of amides is 1. The van der Waals surface area contributed by atoms with E-state index in [4.69, 9.17) is 4.74 Å². The molecule has 32 heavy (non-hydrogen) atoms. The quantitative estimate of drug-likeness (QED) is 0.452. The van der Waals surface area contributed by atoms with Gasteiger partial charge in [-0.15, -0.1) is 10.2 Å². The van der Waals surface area contributed by atoms with Crippen molar-refractivity contribution < 1.29 is 13.9 Å². The molecule has 6 nitrogen and oxygen atoms in total. The van der Waals surface area contributed by atoms with Crippen molar-refractivity contribution >= 4 is 17.7 Å². The van der Waals surface area contributed by atoms with Crippen LogP contribution in [0.5, 0.6) is 0 Å². The van der Waals surface area contributed by atoms with Crippen molar-refractivity contribution in [2.45, 2.75) is 44.0 Å². The molecule has 1 fully saturated rings. The van der Waals surface area contributed by atoms with E-state index in [-0.39, 0.29) is 23.6 Å². The summed E-state index contributed by atoms with van der Waals surface area (Å²) < 4.78 is 21.3. The fraction of sp³-hybridized carbons (Fsp3) is 0.375. The molecule has 0 radical (unpaired) electrons. The number of aryl methyl sites for hydroxylation is 1. The first-order valence-electron chi connectivity index (χ1n) is 10.9. The first-order valence-corrected chi connectivity index (χ1v) is 11.9. The zero-order chi connectivity index (χ0) is 22.3. The molecule has 0 aliphatic carbocycles. The van der Waals surface area contributed by atoms with Gasteiger partial charge in [-0.3, -0.25) is 9.36 Å². The van der Waals surface area contributed by atoms with Crippen LogP contribution in [0.4, 0.5) is 4.39 Å². The molecule has 1 unspecified atom stereocenters. The average Bonchev–Trinajstić information content (AvgIpc) is 3.49. The number of benzene rings is 2. The fourth-order valence-corrected chi connectivity index (χ4v) is 4.72. The summed E-state index contributed by atoms with van der Waals surface area (Å²) in [6, 6.07) is 14.5. The number of hydrogen-bond acceptors (Lipinski definition) is 5. The Bertz CT molecular complexity index is 1050. The minimum absolute atomic E-state index is 0.0255. The lowest BCUT2D eigenvalue weighted by atomic mass is 10.1. The highest BCUT2D eigenvalue weighted by Gasteiger charge is 2.23. The highest BCUT2D eigenvalue weighted by atomic mass is 32.2. The van der Waals surface area contributed by atoms with Crippen LogP contribution in [0.15, 0.2) is 60.0 Å². The van der Waals surface area contributed by atoms with Crippen LogP contribution in [-0.2, 0) is 22.5 Å². The molecule has 1 aromatic heterocycles. The van der Waals surface area contributed by atoms with Crippen LogP contribution >= 0.6 is 11.8 Å². The standard InChI is InChI=1S/C24H27FN4O2S/c1-2-19-8-3-4-11-22(19)29-17-26-27-24(29)32-16-23(30)28(15-21-10-6-12-31-21)14-18-7-5-9-20(25)13-18/h3-5,7-9,11,13,17,21H,2,6,10,12,14-16H2,1H3. The van der Waals surface area contributed by atoms with E-state index in [9.17, 15) is 9.18 Å². The third-order valence-electron chi connectivity index (χ3n) is 5.54. The first-order chi connectivity index (χ1) is 15.6. The van der Waals surface area contributed by atoms with Gasteiger partial charge in [0.25, 0.3) is 0 Å². The van der Waals surface area contributed by atoms with Crippen LogP contribution in [-0.4, -0.2) is 50.6 Å². The Morgan fingerprint density at radius 2 is 2.16 bits per heavy atom. The number of hydrogen-bond donors (Lipinski definition) is 0. The zero-order valence-corrected chi connectivity index (χ0v) is 18.9. The minimum Gasteiger partial charge on any atom is -0.376 e. The van der Waals surface area contributed by atoms with Crippen molar-refractivity contribution in [3.05, 3.63) is 71.8 Å². The lowest BCUT2D eigenvalue weighted by molar-refractivity contribution is -0.130. The number of rotatable bonds is 9. The zero-order valence-electron chi connectivity index (χ0n) is 18.1. The maximum atomic E-state index is 13.7. The molecule has 168 valence electrons. The summed E-state index contributed by atoms with van der Waals surface area (Å²) in [6.45, 7) is 3.68. The molecule has 2 heterocycles. The maximum absolute atomic E-state index is 13.7. The van der Waals surface area contributed by atoms with Crippen LogP contribution < -0.4 is 0 Å². The second kappa shape index (κ2) is 10.7. The van der Waals surface area contributed by atoms with Gasteiger partial charge in [0.05, 0.1) is 17.5 Å². The fourth-order valence-electron chi connectivity index (χ4n) is 3.89. The Kier molecular flexibility index (Phi) is 7.55. The smallest absolute Gasteiger partial charge is 0.233 e. The normalized spacial score (nSPS) is 15.8. The van der Waals surface area contributed by atoms with Gasteiger partial charge in [0.2, 0.25) is 5.91 Å². The maximum Gasteiger partial charge on any atom is 0.233 e. The molecule has 1 amide bonds. The summed E-state index contributed by atoms with van der Waals surface area (Å²) in [5.41, 5.74) is 2.97. The molecule has 1 aliphatic rings. The number of thioether (sulfide) groups is 1. The van der Waals surface area contributed by atoms with Crippen LogP contribution in [0.1, 0.15) is 30.9 Å². The van der Waals surface area contributed by atoms with Crippen molar-refractivity contribution in [3.8, 4) is 5.69 Å². The van der Waals surface area contributed by atoms with Crippen LogP contribution in [0.25, 0.3) is 5.69 Å². The second-order valence-electron chi connectivity index (χ2n) is 7.79. The predicted octanol–water partition coefficient (Wildman–Crippen LogP) is 4.27. The van der Waals surface area contributed by atoms with Gasteiger partial charge in [0, 0.05) is 19.7 Å². The Labute approximate surface area is 191 Å². The van der Waals surface area contributed by atoms with E-state index in [2.05, 4.69) is 23.2 Å². The molecule has 0 N–H and O–H groups in total. The molecule has 1 saturated heterocycles. The summed E-state index contributed by atoms with van der Waals surface area (Å²) >= 11 is 1.36. The van der Waals surface area contributed by atoms with E-state index < -0.39 is 0 Å². The van der Waals surface area contributed by atoms with Gasteiger partial charge < -0.3 is 9.64 Å². The third-order valence-corrected chi connectivity index (χ3v) is 6.46. The van der Waals surface area contributed by atoms with Crippen LogP contribution in [0.2, 0.25) is 0 Å². The van der Waals surface area contributed by atoms with Crippen LogP contribution in [0, 0.1) is 5.82 Å². The van der Waals surface area contributed by atoms with Gasteiger partial charge in [-0.2, -0.15) is 0 Å². The third kappa shape index (κ3) is 5.55. The van der Waals surface area contributed by atoms with Gasteiger partial charge in [-0.1, -0.05) is 49.0 Å². The van der Waals surface area contributed by atoms with E-state index in [1.807, 2.05) is 28.8 Å². The molecule has 0 saturated carbocycles. The summed E-state index contributed by atoms with van der Waals surface area (Å²) in [5, 5.41) is 8.96. The van der Waals surface area contributed by atoms with E-state index in [1.54, 1.807) is 17.3 Å². The highest BCUT2D eigenvalue weighted by molar-refractivity contribution is 7.99. The SMILES string of the molecule is CCc1ccccc1-n1cnnc1SCC(=O)N(Cc1cccc(F)c1)CC1CCCO1. The Morgan fingerprint density at radius 1 is 1.28 bits per heavy atom. The molecule has 1 aliphatic heterocycles. The first kappa shape index (κ1) is 22.5. The molecule has 3 aromatic rings. The number of aromatic nitrogens is 3. The Morgan fingerprint density at radius 3 is 2.94 bits per heavy atom. The van der Waals surface area contributed by atoms with Crippen molar-refractivity contribution in [2.24, 2.45) is 0 Å². The molecular weight excluding hydrogens is 427 g/mol. The summed E-state index contributed by atoms with van der Waals surface area (Å²) in [7, 11) is 0. The lowest BCUT2D eigenvalue weighted by Crippen LogP contribution is -2.38. The number of nitrogens with zero attached hydrogens (tertiary/aromatic N) is 4. The number of carbonyl (C=O) groups is 1. The van der Waals surface area contributed by atoms with Gasteiger partial charge in [0.1, 0.15) is 12.1 Å². The van der Waals surface area contributed by atoms with Crippen molar-refractivity contribution in [3.63, 3.8) is 0 Å². The van der Waals surface area contributed by atoms with Crippen molar-refractivity contribution in [1.82, 2.24) is 19.7 Å². The van der Waals surface area contributed by atoms with E-state index in [0.29, 0.717) is 18.2 Å². The van der Waals surface area contributed by atoms with Crippen molar-refractivity contribution in [1.29, 1.82) is 0 Å². The average molecular weight is 455 g/mol. The Balaban J connectivity index is 1.47. The van der Waals surface area contributed by atoms with Crippen LogP contribution in [0.3, 0.4) is 0 Å². The van der Waals surface area contributed by atoms with E-state index in [0.717, 1.165) is 37.1 Å². The van der Waals surface area contributed by atoms with Gasteiger partial charge in [-0.05, 0) is 48.6 Å². The second-order valence-corrected chi connectivity index (χ2v) is 8.74.